The average Bonchev–Trinajstić information content (AvgIpc) is 2.60. The molecule has 1 aromatic heterocycles. The first-order valence-corrected chi connectivity index (χ1v) is 5.51. The van der Waals surface area contributed by atoms with E-state index in [0.29, 0.717) is 6.54 Å². The molecule has 0 aliphatic heterocycles. The number of amides is 1. The fourth-order valence-electron chi connectivity index (χ4n) is 1.53. The Balaban J connectivity index is 2.39. The summed E-state index contributed by atoms with van der Waals surface area (Å²) in [6, 6.07) is 2.24. The van der Waals surface area contributed by atoms with Crippen molar-refractivity contribution in [1.82, 2.24) is 20.4 Å². The molecule has 0 spiro atoms. The highest BCUT2D eigenvalue weighted by Gasteiger charge is 2.10. The van der Waals surface area contributed by atoms with Gasteiger partial charge in [-0.05, 0) is 26.8 Å². The largest absolute Gasteiger partial charge is 0.353 e. The Kier molecular flexibility index (Phi) is 4.49. The predicted octanol–water partition coefficient (Wildman–Crippen LogP) is 0.595. The Hall–Kier alpha value is -1.36. The summed E-state index contributed by atoms with van der Waals surface area (Å²) in [4.78, 5) is 11.4. The number of carbonyl (C=O) groups is 1. The van der Waals surface area contributed by atoms with Crippen LogP contribution in [0.2, 0.25) is 0 Å². The van der Waals surface area contributed by atoms with Crippen LogP contribution in [0.4, 0.5) is 0 Å². The molecule has 1 heterocycles. The number of nitrogens with one attached hydrogen (secondary N) is 2. The second-order valence-electron chi connectivity index (χ2n) is 4.20. The number of hydrogen-bond donors (Lipinski definition) is 2. The summed E-state index contributed by atoms with van der Waals surface area (Å²) in [5, 5.41) is 10.1. The molecule has 5 nitrogen and oxygen atoms in total. The molecule has 5 heteroatoms. The maximum atomic E-state index is 11.4. The number of hydrogen-bond acceptors (Lipinski definition) is 3. The van der Waals surface area contributed by atoms with Crippen molar-refractivity contribution in [3.63, 3.8) is 0 Å². The van der Waals surface area contributed by atoms with Crippen molar-refractivity contribution in [2.45, 2.75) is 32.9 Å². The van der Waals surface area contributed by atoms with Gasteiger partial charge >= 0.3 is 0 Å². The number of nitrogens with zero attached hydrogens (tertiary/aromatic N) is 2. The first-order valence-electron chi connectivity index (χ1n) is 5.51. The van der Waals surface area contributed by atoms with E-state index in [2.05, 4.69) is 15.7 Å². The van der Waals surface area contributed by atoms with E-state index in [9.17, 15) is 4.79 Å². The summed E-state index contributed by atoms with van der Waals surface area (Å²) in [5.74, 6) is 0.0176. The zero-order chi connectivity index (χ0) is 12.1. The molecule has 2 N–H and O–H groups in total. The zero-order valence-corrected chi connectivity index (χ0v) is 10.3. The Morgan fingerprint density at radius 2 is 2.19 bits per heavy atom. The number of aromatic nitrogens is 2. The lowest BCUT2D eigenvalue weighted by Crippen LogP contribution is -2.38. The van der Waals surface area contributed by atoms with Gasteiger partial charge in [0.25, 0.3) is 0 Å². The van der Waals surface area contributed by atoms with Gasteiger partial charge in [0.1, 0.15) is 0 Å². The normalized spacial score (nSPS) is 12.8. The Morgan fingerprint density at radius 1 is 1.50 bits per heavy atom. The highest BCUT2D eigenvalue weighted by molar-refractivity contribution is 5.78. The van der Waals surface area contributed by atoms with E-state index in [1.807, 2.05) is 33.9 Å². The average molecular weight is 224 g/mol. The van der Waals surface area contributed by atoms with Crippen molar-refractivity contribution in [2.24, 2.45) is 7.05 Å². The second kappa shape index (κ2) is 5.65. The molecule has 1 rings (SSSR count). The van der Waals surface area contributed by atoms with Gasteiger partial charge in [0.15, 0.2) is 0 Å². The van der Waals surface area contributed by atoms with Gasteiger partial charge in [-0.15, -0.1) is 0 Å². The third-order valence-electron chi connectivity index (χ3n) is 2.32. The van der Waals surface area contributed by atoms with E-state index >= 15 is 0 Å². The van der Waals surface area contributed by atoms with Crippen LogP contribution in [0.25, 0.3) is 0 Å². The van der Waals surface area contributed by atoms with Gasteiger partial charge in [-0.1, -0.05) is 0 Å². The van der Waals surface area contributed by atoms with E-state index in [0.717, 1.165) is 5.69 Å². The fourth-order valence-corrected chi connectivity index (χ4v) is 1.53. The minimum atomic E-state index is 0.0176. The van der Waals surface area contributed by atoms with E-state index in [1.54, 1.807) is 10.9 Å². The van der Waals surface area contributed by atoms with Crippen LogP contribution >= 0.6 is 0 Å². The third kappa shape index (κ3) is 3.66. The molecule has 0 radical (unpaired) electrons. The standard InChI is InChI=1S/C11H20N4O/c1-8(2)14-11(16)7-12-9(3)10-5-6-13-15(10)4/h5-6,8-9,12H,7H2,1-4H3,(H,14,16). The van der Waals surface area contributed by atoms with Crippen LogP contribution < -0.4 is 10.6 Å². The molecule has 1 aromatic rings. The first kappa shape index (κ1) is 12.7. The van der Waals surface area contributed by atoms with Gasteiger partial charge in [-0.3, -0.25) is 9.48 Å². The second-order valence-corrected chi connectivity index (χ2v) is 4.20. The van der Waals surface area contributed by atoms with Gasteiger partial charge in [0.2, 0.25) is 5.91 Å². The molecular formula is C11H20N4O. The predicted molar refractivity (Wildman–Crippen MR) is 62.9 cm³/mol. The lowest BCUT2D eigenvalue weighted by Gasteiger charge is -2.15. The number of rotatable bonds is 5. The van der Waals surface area contributed by atoms with Gasteiger partial charge in [-0.2, -0.15) is 5.10 Å². The van der Waals surface area contributed by atoms with Crippen LogP contribution in [0, 0.1) is 0 Å². The molecular weight excluding hydrogens is 204 g/mol. The summed E-state index contributed by atoms with van der Waals surface area (Å²) in [7, 11) is 1.89. The van der Waals surface area contributed by atoms with Crippen LogP contribution in [-0.2, 0) is 11.8 Å². The van der Waals surface area contributed by atoms with E-state index in [-0.39, 0.29) is 18.0 Å². The molecule has 0 saturated heterocycles. The van der Waals surface area contributed by atoms with Crippen molar-refractivity contribution in [3.8, 4) is 0 Å². The first-order chi connectivity index (χ1) is 7.50. The maximum absolute atomic E-state index is 11.4. The topological polar surface area (TPSA) is 59.0 Å². The van der Waals surface area contributed by atoms with Crippen molar-refractivity contribution in [2.75, 3.05) is 6.54 Å². The minimum absolute atomic E-state index is 0.0176. The molecule has 0 saturated carbocycles. The fraction of sp³-hybridized carbons (Fsp3) is 0.636. The molecule has 0 bridgehead atoms. The van der Waals surface area contributed by atoms with Gasteiger partial charge in [-0.25, -0.2) is 0 Å². The summed E-state index contributed by atoms with van der Waals surface area (Å²) in [5.41, 5.74) is 1.07. The molecule has 1 unspecified atom stereocenters. The molecule has 0 aliphatic carbocycles. The minimum Gasteiger partial charge on any atom is -0.353 e. The zero-order valence-electron chi connectivity index (χ0n) is 10.3. The molecule has 0 aromatic carbocycles. The van der Waals surface area contributed by atoms with Crippen molar-refractivity contribution in [3.05, 3.63) is 18.0 Å². The molecule has 1 atom stereocenters. The van der Waals surface area contributed by atoms with Crippen LogP contribution in [0.3, 0.4) is 0 Å². The molecule has 16 heavy (non-hydrogen) atoms. The SMILES string of the molecule is CC(C)NC(=O)CNC(C)c1ccnn1C. The molecule has 0 aliphatic rings. The Bertz CT molecular complexity index is 346. The lowest BCUT2D eigenvalue weighted by molar-refractivity contribution is -0.120. The summed E-state index contributed by atoms with van der Waals surface area (Å²) < 4.78 is 1.80. The molecule has 1 amide bonds. The van der Waals surface area contributed by atoms with Crippen molar-refractivity contribution >= 4 is 5.91 Å². The lowest BCUT2D eigenvalue weighted by atomic mass is 10.2. The monoisotopic (exact) mass is 224 g/mol. The quantitative estimate of drug-likeness (QED) is 0.770. The highest BCUT2D eigenvalue weighted by Crippen LogP contribution is 2.09. The van der Waals surface area contributed by atoms with Crippen LogP contribution in [0.5, 0.6) is 0 Å². The van der Waals surface area contributed by atoms with Crippen LogP contribution in [-0.4, -0.2) is 28.3 Å². The van der Waals surface area contributed by atoms with Crippen molar-refractivity contribution in [1.29, 1.82) is 0 Å². The summed E-state index contributed by atoms with van der Waals surface area (Å²) >= 11 is 0. The third-order valence-corrected chi connectivity index (χ3v) is 2.32. The van der Waals surface area contributed by atoms with Crippen LogP contribution in [0.1, 0.15) is 32.5 Å². The Labute approximate surface area is 96.2 Å². The summed E-state index contributed by atoms with van der Waals surface area (Å²) in [6.45, 7) is 6.23. The van der Waals surface area contributed by atoms with Crippen molar-refractivity contribution < 1.29 is 4.79 Å². The van der Waals surface area contributed by atoms with Crippen LogP contribution in [0.15, 0.2) is 12.3 Å². The maximum Gasteiger partial charge on any atom is 0.234 e. The highest BCUT2D eigenvalue weighted by atomic mass is 16.1. The van der Waals surface area contributed by atoms with Gasteiger partial charge in [0.05, 0.1) is 12.2 Å². The molecule has 0 fully saturated rings. The van der Waals surface area contributed by atoms with E-state index in [1.165, 1.54) is 0 Å². The summed E-state index contributed by atoms with van der Waals surface area (Å²) in [6.07, 6.45) is 1.75. The van der Waals surface area contributed by atoms with E-state index < -0.39 is 0 Å². The smallest absolute Gasteiger partial charge is 0.234 e. The van der Waals surface area contributed by atoms with Gasteiger partial charge < -0.3 is 10.6 Å². The Morgan fingerprint density at radius 3 is 2.69 bits per heavy atom. The molecule has 90 valence electrons. The number of aryl methyl sites for hydroxylation is 1. The van der Waals surface area contributed by atoms with Gasteiger partial charge in [0, 0.05) is 25.3 Å². The van der Waals surface area contributed by atoms with E-state index in [4.69, 9.17) is 0 Å². The number of carbonyl (C=O) groups excluding carboxylic acids is 1.